The molecule has 250 valence electrons. The highest BCUT2D eigenvalue weighted by Gasteiger charge is 2.53. The number of nitrogens with one attached hydrogen (secondary N) is 3. The molecule has 0 spiro atoms. The van der Waals surface area contributed by atoms with Crippen molar-refractivity contribution >= 4 is 35.5 Å². The zero-order valence-electron chi connectivity index (χ0n) is 27.7. The van der Waals surface area contributed by atoms with E-state index >= 15 is 0 Å². The number of Topliss-reactive ketones (excluding diaryl/α,β-unsaturated/α-hetero) is 1. The molecule has 5 amide bonds. The molecule has 0 radical (unpaired) electrons. The maximum absolute atomic E-state index is 14.2. The summed E-state index contributed by atoms with van der Waals surface area (Å²) < 4.78 is 0. The van der Waals surface area contributed by atoms with Gasteiger partial charge in [0.25, 0.3) is 5.91 Å². The zero-order chi connectivity index (χ0) is 33.4. The molecule has 12 heteroatoms. The highest BCUT2D eigenvalue weighted by atomic mass is 16.4. The van der Waals surface area contributed by atoms with Crippen molar-refractivity contribution in [1.82, 2.24) is 20.9 Å². The smallest absolute Gasteiger partial charge is 0.330 e. The van der Waals surface area contributed by atoms with E-state index in [0.717, 1.165) is 32.1 Å². The molecule has 2 fully saturated rings. The maximum atomic E-state index is 14.2. The maximum Gasteiger partial charge on any atom is 0.330 e. The van der Waals surface area contributed by atoms with E-state index in [1.54, 1.807) is 34.6 Å². The van der Waals surface area contributed by atoms with E-state index in [1.807, 2.05) is 13.8 Å². The fourth-order valence-corrected chi connectivity index (χ4v) is 6.61. The lowest BCUT2D eigenvalue weighted by atomic mass is 9.67. The lowest BCUT2D eigenvalue weighted by molar-refractivity contribution is -0.152. The van der Waals surface area contributed by atoms with Crippen LogP contribution in [-0.2, 0) is 24.0 Å². The van der Waals surface area contributed by atoms with E-state index in [-0.39, 0.29) is 18.4 Å². The van der Waals surface area contributed by atoms with Crippen LogP contribution in [0.15, 0.2) is 0 Å². The van der Waals surface area contributed by atoms with E-state index in [1.165, 1.54) is 4.90 Å². The van der Waals surface area contributed by atoms with Gasteiger partial charge in [-0.3, -0.25) is 19.2 Å². The van der Waals surface area contributed by atoms with Crippen molar-refractivity contribution in [2.75, 3.05) is 6.54 Å². The second-order valence-corrected chi connectivity index (χ2v) is 14.4. The van der Waals surface area contributed by atoms with E-state index < -0.39 is 70.5 Å². The molecular formula is C32H55N5O7. The third-order valence-corrected chi connectivity index (χ3v) is 9.27. The summed E-state index contributed by atoms with van der Waals surface area (Å²) in [6, 6.07) is -3.77. The number of carboxylic acid groups (broad SMARTS) is 1. The SMILES string of the molecule is CC(C)C[C@@H](C(=O)NC(CC1CCC1)C(=O)C(N)=O)N1CCCCCC[C@H](NC(=O)N[C@@](C(=O)O)(C(C)C)C(C)(C)C)C1=O. The average molecular weight is 622 g/mol. The van der Waals surface area contributed by atoms with Crippen LogP contribution >= 0.6 is 0 Å². The molecule has 4 atom stereocenters. The molecule has 1 heterocycles. The van der Waals surface area contributed by atoms with E-state index in [2.05, 4.69) is 16.0 Å². The van der Waals surface area contributed by atoms with Crippen LogP contribution in [-0.4, -0.2) is 75.7 Å². The summed E-state index contributed by atoms with van der Waals surface area (Å²) in [7, 11) is 0. The Morgan fingerprint density at radius 1 is 0.955 bits per heavy atom. The molecule has 12 nitrogen and oxygen atoms in total. The first-order chi connectivity index (χ1) is 20.4. The number of nitrogens with two attached hydrogens (primary N) is 1. The van der Waals surface area contributed by atoms with Gasteiger partial charge in [-0.25, -0.2) is 9.59 Å². The van der Waals surface area contributed by atoms with E-state index in [4.69, 9.17) is 5.73 Å². The molecule has 0 aromatic heterocycles. The third kappa shape index (κ3) is 9.17. The summed E-state index contributed by atoms with van der Waals surface area (Å²) in [6.07, 6.45) is 6.73. The minimum Gasteiger partial charge on any atom is -0.479 e. The predicted molar refractivity (Wildman–Crippen MR) is 166 cm³/mol. The number of carbonyl (C=O) groups excluding carboxylic acids is 5. The number of rotatable bonds is 13. The Kier molecular flexibility index (Phi) is 13.2. The molecule has 1 aliphatic carbocycles. The lowest BCUT2D eigenvalue weighted by Crippen LogP contribution is -2.68. The molecule has 2 rings (SSSR count). The van der Waals surface area contributed by atoms with Gasteiger partial charge in [0.15, 0.2) is 0 Å². The molecule has 0 aromatic rings. The first-order valence-corrected chi connectivity index (χ1v) is 16.2. The van der Waals surface area contributed by atoms with Crippen molar-refractivity contribution < 1.29 is 33.9 Å². The van der Waals surface area contributed by atoms with Crippen molar-refractivity contribution in [2.24, 2.45) is 28.9 Å². The fourth-order valence-electron chi connectivity index (χ4n) is 6.61. The van der Waals surface area contributed by atoms with Crippen LogP contribution in [0, 0.1) is 23.2 Å². The summed E-state index contributed by atoms with van der Waals surface area (Å²) in [5, 5.41) is 18.4. The Morgan fingerprint density at radius 2 is 1.57 bits per heavy atom. The first-order valence-electron chi connectivity index (χ1n) is 16.2. The van der Waals surface area contributed by atoms with Gasteiger partial charge in [-0.15, -0.1) is 0 Å². The molecule has 1 unspecified atom stereocenters. The molecule has 1 saturated carbocycles. The van der Waals surface area contributed by atoms with E-state index in [0.29, 0.717) is 32.1 Å². The van der Waals surface area contributed by atoms with Crippen molar-refractivity contribution in [1.29, 1.82) is 0 Å². The van der Waals surface area contributed by atoms with Crippen LogP contribution in [0.5, 0.6) is 0 Å². The van der Waals surface area contributed by atoms with Crippen LogP contribution < -0.4 is 21.7 Å². The van der Waals surface area contributed by atoms with Crippen LogP contribution in [0.2, 0.25) is 0 Å². The standard InChI is InChI=1S/C32H55N5O7/c1-19(2)17-24(27(40)34-23(25(38)26(33)39)18-21-13-12-14-21)37-16-11-9-8-10-15-22(28(37)41)35-30(44)36-32(20(3)4,29(42)43)31(5,6)7/h19-24H,8-18H2,1-7H3,(H2,33,39)(H,34,40)(H,42,43)(H2,35,36,44)/t22-,23?,24-,32+/m0/s1. The zero-order valence-corrected chi connectivity index (χ0v) is 27.7. The van der Waals surface area contributed by atoms with Gasteiger partial charge >= 0.3 is 12.0 Å². The molecule has 44 heavy (non-hydrogen) atoms. The second kappa shape index (κ2) is 15.7. The summed E-state index contributed by atoms with van der Waals surface area (Å²) in [6.45, 7) is 12.8. The molecular weight excluding hydrogens is 566 g/mol. The molecule has 0 bridgehead atoms. The fraction of sp³-hybridized carbons (Fsp3) is 0.812. The first kappa shape index (κ1) is 37.0. The van der Waals surface area contributed by atoms with Crippen molar-refractivity contribution in [3.05, 3.63) is 0 Å². The third-order valence-electron chi connectivity index (χ3n) is 9.27. The van der Waals surface area contributed by atoms with Crippen LogP contribution in [0.25, 0.3) is 0 Å². The van der Waals surface area contributed by atoms with Gasteiger partial charge in [0.1, 0.15) is 17.6 Å². The number of primary amides is 1. The number of nitrogens with zero attached hydrogens (tertiary/aromatic N) is 1. The van der Waals surface area contributed by atoms with E-state index in [9.17, 15) is 33.9 Å². The molecule has 1 saturated heterocycles. The molecule has 1 aliphatic heterocycles. The number of amides is 5. The Labute approximate surface area is 262 Å². The Morgan fingerprint density at radius 3 is 2.05 bits per heavy atom. The van der Waals surface area contributed by atoms with Crippen molar-refractivity contribution in [3.63, 3.8) is 0 Å². The topological polar surface area (TPSA) is 188 Å². The second-order valence-electron chi connectivity index (χ2n) is 14.4. The van der Waals surface area contributed by atoms with Crippen LogP contribution in [0.4, 0.5) is 4.79 Å². The van der Waals surface area contributed by atoms with Crippen molar-refractivity contribution in [3.8, 4) is 0 Å². The number of aliphatic carboxylic acids is 1. The van der Waals surface area contributed by atoms with Gasteiger partial charge in [-0.2, -0.15) is 0 Å². The lowest BCUT2D eigenvalue weighted by Gasteiger charge is -2.45. The Hall–Kier alpha value is -3.18. The Bertz CT molecular complexity index is 1070. The molecule has 6 N–H and O–H groups in total. The van der Waals surface area contributed by atoms with Gasteiger partial charge in [0.05, 0.1) is 6.04 Å². The number of hydrogen-bond donors (Lipinski definition) is 5. The van der Waals surface area contributed by atoms with Crippen LogP contribution in [0.1, 0.15) is 113 Å². The van der Waals surface area contributed by atoms with Gasteiger partial charge in [-0.05, 0) is 48.9 Å². The van der Waals surface area contributed by atoms with Gasteiger partial charge in [0.2, 0.25) is 17.6 Å². The minimum atomic E-state index is -1.61. The summed E-state index contributed by atoms with van der Waals surface area (Å²) in [5.74, 6) is -4.37. The summed E-state index contributed by atoms with van der Waals surface area (Å²) >= 11 is 0. The average Bonchev–Trinajstić information content (AvgIpc) is 2.96. The number of urea groups is 1. The van der Waals surface area contributed by atoms with Crippen LogP contribution in [0.3, 0.4) is 0 Å². The molecule has 2 aliphatic rings. The number of carboxylic acids is 1. The predicted octanol–water partition coefficient (Wildman–Crippen LogP) is 3.12. The summed E-state index contributed by atoms with van der Waals surface area (Å²) in [5.41, 5.74) is 2.85. The number of ketones is 1. The summed E-state index contributed by atoms with van der Waals surface area (Å²) in [4.78, 5) is 79.9. The normalized spacial score (nSPS) is 21.2. The molecule has 0 aromatic carbocycles. The largest absolute Gasteiger partial charge is 0.479 e. The van der Waals surface area contributed by atoms with Crippen molar-refractivity contribution in [2.45, 2.75) is 136 Å². The minimum absolute atomic E-state index is 0.00632. The van der Waals surface area contributed by atoms with Gasteiger partial charge < -0.3 is 31.7 Å². The number of hydrogen-bond acceptors (Lipinski definition) is 6. The quantitative estimate of drug-likeness (QED) is 0.195. The highest BCUT2D eigenvalue weighted by Crippen LogP contribution is 2.37. The highest BCUT2D eigenvalue weighted by molar-refractivity contribution is 6.37. The van der Waals surface area contributed by atoms with Gasteiger partial charge in [-0.1, -0.05) is 87.0 Å². The Balaban J connectivity index is 2.38. The number of carbonyl (C=O) groups is 6. The van der Waals surface area contributed by atoms with Gasteiger partial charge in [0, 0.05) is 6.54 Å². The monoisotopic (exact) mass is 621 g/mol.